The highest BCUT2D eigenvalue weighted by atomic mass is 32.2. The quantitative estimate of drug-likeness (QED) is 0.575. The van der Waals surface area contributed by atoms with Gasteiger partial charge in [0.1, 0.15) is 0 Å². The molecule has 0 unspecified atom stereocenters. The minimum absolute atomic E-state index is 0.122. The van der Waals surface area contributed by atoms with E-state index in [2.05, 4.69) is 57.3 Å². The number of sulfonamides is 1. The van der Waals surface area contributed by atoms with Gasteiger partial charge in [0, 0.05) is 24.5 Å². The van der Waals surface area contributed by atoms with Gasteiger partial charge in [-0.15, -0.1) is 0 Å². The lowest BCUT2D eigenvalue weighted by Crippen LogP contribution is -2.57. The molecule has 1 aromatic carbocycles. The molecule has 4 aliphatic rings. The van der Waals surface area contributed by atoms with Gasteiger partial charge in [0.25, 0.3) is 0 Å². The van der Waals surface area contributed by atoms with Gasteiger partial charge in [0.05, 0.1) is 11.8 Å². The summed E-state index contributed by atoms with van der Waals surface area (Å²) in [5.74, 6) is 0.760. The van der Waals surface area contributed by atoms with E-state index in [1.165, 1.54) is 11.1 Å². The Hall–Kier alpha value is -1.44. The van der Waals surface area contributed by atoms with Crippen molar-refractivity contribution in [2.45, 2.75) is 96.6 Å². The van der Waals surface area contributed by atoms with Gasteiger partial charge in [-0.25, -0.2) is 12.7 Å². The molecule has 1 saturated heterocycles. The number of fused-ring (bicyclic) bond motifs is 4. The van der Waals surface area contributed by atoms with Gasteiger partial charge >= 0.3 is 0 Å². The maximum Gasteiger partial charge on any atom is 0.237 e. The van der Waals surface area contributed by atoms with Crippen LogP contribution in [0, 0.1) is 22.7 Å². The van der Waals surface area contributed by atoms with Gasteiger partial charge in [-0.2, -0.15) is 0 Å². The molecule has 7 heteroatoms. The fourth-order valence-electron chi connectivity index (χ4n) is 8.41. The summed E-state index contributed by atoms with van der Waals surface area (Å²) in [6.07, 6.45) is 7.38. The monoisotopic (exact) mass is 515 g/mol. The minimum atomic E-state index is -3.46. The van der Waals surface area contributed by atoms with Crippen LogP contribution in [0.5, 0.6) is 0 Å². The summed E-state index contributed by atoms with van der Waals surface area (Å²) in [4.78, 5) is 13.0. The van der Waals surface area contributed by atoms with Crippen LogP contribution in [0.2, 0.25) is 0 Å². The Morgan fingerprint density at radius 2 is 1.83 bits per heavy atom. The molecule has 5 rings (SSSR count). The molecule has 1 spiro atoms. The number of nitrogens with zero attached hydrogens (tertiary/aromatic N) is 1. The summed E-state index contributed by atoms with van der Waals surface area (Å²) < 4.78 is 29.7. The first-order chi connectivity index (χ1) is 16.9. The third-order valence-corrected chi connectivity index (χ3v) is 12.8. The van der Waals surface area contributed by atoms with Crippen LogP contribution in [0.15, 0.2) is 24.3 Å². The molecule has 2 saturated carbocycles. The van der Waals surface area contributed by atoms with Crippen molar-refractivity contribution in [3.63, 3.8) is 0 Å². The van der Waals surface area contributed by atoms with Crippen molar-refractivity contribution in [1.29, 1.82) is 0 Å². The van der Waals surface area contributed by atoms with Gasteiger partial charge in [0.2, 0.25) is 15.9 Å². The summed E-state index contributed by atoms with van der Waals surface area (Å²) in [6.45, 7) is 9.76. The molecule has 1 aliphatic heterocycles. The second-order valence-corrected chi connectivity index (χ2v) is 15.2. The van der Waals surface area contributed by atoms with E-state index < -0.39 is 21.5 Å². The predicted octanol–water partition coefficient (Wildman–Crippen LogP) is 3.98. The first kappa shape index (κ1) is 26.2. The van der Waals surface area contributed by atoms with E-state index in [4.69, 9.17) is 5.73 Å². The summed E-state index contributed by atoms with van der Waals surface area (Å²) in [5.41, 5.74) is 8.63. The number of hydrogen-bond acceptors (Lipinski definition) is 4. The van der Waals surface area contributed by atoms with Crippen molar-refractivity contribution in [2.75, 3.05) is 18.8 Å². The fourth-order valence-corrected chi connectivity index (χ4v) is 10.7. The molecular formula is C29H45N3O3S. The number of aryl methyl sites for hydroxylation is 1. The number of carbonyl (C=O) groups excluding carboxylic acids is 1. The van der Waals surface area contributed by atoms with Crippen LogP contribution in [0.4, 0.5) is 0 Å². The molecule has 200 valence electrons. The van der Waals surface area contributed by atoms with Crippen LogP contribution >= 0.6 is 0 Å². The molecule has 6 nitrogen and oxygen atoms in total. The number of benzene rings is 1. The first-order valence-corrected chi connectivity index (χ1v) is 15.6. The number of nitrogens with two attached hydrogens (primary N) is 1. The minimum Gasteiger partial charge on any atom is -0.351 e. The van der Waals surface area contributed by atoms with Crippen molar-refractivity contribution in [1.82, 2.24) is 9.62 Å². The largest absolute Gasteiger partial charge is 0.351 e. The molecule has 0 aromatic heterocycles. The molecule has 1 aromatic rings. The standard InChI is InChI=1S/C29H45N3O3S/c1-20(2)17-24(30)26(33)31-25-18-22-10-12-29(25,27(22,3)4)19-36(34,35)32-15-13-28(14-16-32)11-9-21-7-5-6-8-23(21)28/h5-8,20,22,24-25H,9-19,30H2,1-4H3,(H,31,33)/t22-,24+,25+,29-/m1/s1. The van der Waals surface area contributed by atoms with Crippen molar-refractivity contribution >= 4 is 15.9 Å². The lowest BCUT2D eigenvalue weighted by molar-refractivity contribution is -0.124. The summed E-state index contributed by atoms with van der Waals surface area (Å²) >= 11 is 0. The molecular weight excluding hydrogens is 470 g/mol. The molecule has 36 heavy (non-hydrogen) atoms. The number of carbonyl (C=O) groups is 1. The molecule has 0 radical (unpaired) electrons. The van der Waals surface area contributed by atoms with E-state index >= 15 is 0 Å². The highest BCUT2D eigenvalue weighted by Gasteiger charge is 2.66. The van der Waals surface area contributed by atoms with Crippen LogP contribution in [-0.2, 0) is 26.7 Å². The van der Waals surface area contributed by atoms with Gasteiger partial charge in [-0.1, -0.05) is 52.0 Å². The first-order valence-electron chi connectivity index (χ1n) is 14.0. The predicted molar refractivity (Wildman–Crippen MR) is 144 cm³/mol. The Kier molecular flexibility index (Phi) is 6.61. The van der Waals surface area contributed by atoms with Gasteiger partial charge in [-0.3, -0.25) is 4.79 Å². The van der Waals surface area contributed by atoms with Crippen LogP contribution < -0.4 is 11.1 Å². The van der Waals surface area contributed by atoms with Crippen molar-refractivity contribution in [3.8, 4) is 0 Å². The number of nitrogens with one attached hydrogen (secondary N) is 1. The van der Waals surface area contributed by atoms with Crippen molar-refractivity contribution in [3.05, 3.63) is 35.4 Å². The highest BCUT2D eigenvalue weighted by Crippen LogP contribution is 2.66. The second kappa shape index (κ2) is 9.09. The Morgan fingerprint density at radius 3 is 2.50 bits per heavy atom. The average molecular weight is 516 g/mol. The van der Waals surface area contributed by atoms with Crippen molar-refractivity contribution < 1.29 is 13.2 Å². The maximum atomic E-state index is 14.0. The van der Waals surface area contributed by atoms with E-state index in [1.807, 2.05) is 0 Å². The van der Waals surface area contributed by atoms with Crippen LogP contribution in [-0.4, -0.2) is 49.6 Å². The number of piperidine rings is 1. The molecule has 3 aliphatic carbocycles. The normalized spacial score (nSPS) is 31.6. The zero-order valence-electron chi connectivity index (χ0n) is 22.6. The molecule has 3 N–H and O–H groups in total. The van der Waals surface area contributed by atoms with Crippen LogP contribution in [0.25, 0.3) is 0 Å². The van der Waals surface area contributed by atoms with E-state index in [9.17, 15) is 13.2 Å². The number of hydrogen-bond donors (Lipinski definition) is 2. The molecule has 1 amide bonds. The Balaban J connectivity index is 1.32. The summed E-state index contributed by atoms with van der Waals surface area (Å²) in [6, 6.07) is 8.03. The van der Waals surface area contributed by atoms with Gasteiger partial charge < -0.3 is 11.1 Å². The third-order valence-electron chi connectivity index (χ3n) is 10.8. The molecule has 2 bridgehead atoms. The van der Waals surface area contributed by atoms with Gasteiger partial charge in [0.15, 0.2) is 0 Å². The Labute approximate surface area is 217 Å². The maximum absolute atomic E-state index is 14.0. The SMILES string of the molecule is CC(C)C[C@H](N)C(=O)N[C@H]1C[C@H]2CC[C@]1(CS(=O)(=O)N1CCC3(CCc4ccccc43)CC1)C2(C)C. The topological polar surface area (TPSA) is 92.5 Å². The Morgan fingerprint density at radius 1 is 1.14 bits per heavy atom. The summed E-state index contributed by atoms with van der Waals surface area (Å²) in [7, 11) is -3.46. The van der Waals surface area contributed by atoms with E-state index in [-0.39, 0.29) is 28.5 Å². The second-order valence-electron chi connectivity index (χ2n) is 13.2. The molecule has 1 heterocycles. The third kappa shape index (κ3) is 4.14. The number of amides is 1. The Bertz CT molecular complexity index is 1110. The zero-order chi connectivity index (χ0) is 25.9. The van der Waals surface area contributed by atoms with Crippen LogP contribution in [0.3, 0.4) is 0 Å². The lowest BCUT2D eigenvalue weighted by Gasteiger charge is -2.45. The average Bonchev–Trinajstić information content (AvgIpc) is 3.35. The van der Waals surface area contributed by atoms with E-state index in [0.29, 0.717) is 31.3 Å². The van der Waals surface area contributed by atoms with Crippen molar-refractivity contribution in [2.24, 2.45) is 28.4 Å². The smallest absolute Gasteiger partial charge is 0.237 e. The van der Waals surface area contributed by atoms with E-state index in [0.717, 1.165) is 44.9 Å². The molecule has 3 fully saturated rings. The fraction of sp³-hybridized carbons (Fsp3) is 0.759. The number of rotatable bonds is 7. The molecule has 4 atom stereocenters. The summed E-state index contributed by atoms with van der Waals surface area (Å²) in [5, 5.41) is 3.24. The van der Waals surface area contributed by atoms with Crippen LogP contribution in [0.1, 0.15) is 83.8 Å². The zero-order valence-corrected chi connectivity index (χ0v) is 23.4. The lowest BCUT2D eigenvalue weighted by atomic mass is 9.69. The van der Waals surface area contributed by atoms with E-state index in [1.54, 1.807) is 4.31 Å². The highest BCUT2D eigenvalue weighted by molar-refractivity contribution is 7.89. The van der Waals surface area contributed by atoms with Gasteiger partial charge in [-0.05, 0) is 85.2 Å².